The number of hydrogen-bond donors (Lipinski definition) is 1. The van der Waals surface area contributed by atoms with E-state index in [1.165, 1.54) is 5.56 Å². The van der Waals surface area contributed by atoms with Crippen LogP contribution in [0.25, 0.3) is 0 Å². The topological polar surface area (TPSA) is 47.7 Å². The largest absolute Gasteiger partial charge is 0.314 e. The van der Waals surface area contributed by atoms with E-state index in [-0.39, 0.29) is 0 Å². The van der Waals surface area contributed by atoms with Gasteiger partial charge in [0.25, 0.3) is 0 Å². The van der Waals surface area contributed by atoms with Gasteiger partial charge in [-0.15, -0.1) is 0 Å². The second-order valence-corrected chi connectivity index (χ2v) is 4.69. The molecule has 2 aromatic heterocycles. The highest BCUT2D eigenvalue weighted by Gasteiger charge is 2.02. The van der Waals surface area contributed by atoms with Gasteiger partial charge in [0.05, 0.1) is 6.20 Å². The molecule has 18 heavy (non-hydrogen) atoms. The summed E-state index contributed by atoms with van der Waals surface area (Å²) in [5, 5.41) is 11.9. The maximum atomic E-state index is 4.20. The van der Waals surface area contributed by atoms with Crippen molar-refractivity contribution in [2.45, 2.75) is 32.4 Å². The van der Waals surface area contributed by atoms with Crippen LogP contribution in [-0.2, 0) is 20.0 Å². The Bertz CT molecular complexity index is 446. The number of rotatable bonds is 7. The van der Waals surface area contributed by atoms with Crippen LogP contribution in [0.4, 0.5) is 0 Å². The van der Waals surface area contributed by atoms with Crippen molar-refractivity contribution in [2.24, 2.45) is 7.05 Å². The lowest BCUT2D eigenvalue weighted by molar-refractivity contribution is 0.461. The normalized spacial score (nSPS) is 12.8. The first kappa shape index (κ1) is 12.8. The smallest absolute Gasteiger partial charge is 0.0522 e. The van der Waals surface area contributed by atoms with E-state index in [1.54, 1.807) is 0 Å². The molecule has 0 saturated carbocycles. The van der Waals surface area contributed by atoms with Gasteiger partial charge < -0.3 is 5.32 Å². The minimum absolute atomic E-state index is 0.505. The van der Waals surface area contributed by atoms with Crippen molar-refractivity contribution in [3.63, 3.8) is 0 Å². The summed E-state index contributed by atoms with van der Waals surface area (Å²) in [6.45, 7) is 4.17. The standard InChI is InChI=1S/C13H21N5/c1-12(5-9-18-8-3-6-15-18)14-7-4-13-10-16-17(2)11-13/h3,6,8,10-12,14H,4-5,7,9H2,1-2H3. The molecule has 0 amide bonds. The first-order valence-corrected chi connectivity index (χ1v) is 6.42. The highest BCUT2D eigenvalue weighted by molar-refractivity contribution is 5.03. The lowest BCUT2D eigenvalue weighted by Crippen LogP contribution is -2.29. The van der Waals surface area contributed by atoms with Crippen molar-refractivity contribution in [2.75, 3.05) is 6.54 Å². The summed E-state index contributed by atoms with van der Waals surface area (Å²) >= 11 is 0. The van der Waals surface area contributed by atoms with Gasteiger partial charge in [-0.3, -0.25) is 9.36 Å². The van der Waals surface area contributed by atoms with Gasteiger partial charge in [-0.2, -0.15) is 10.2 Å². The summed E-state index contributed by atoms with van der Waals surface area (Å²) in [5.41, 5.74) is 1.28. The Balaban J connectivity index is 1.61. The molecule has 1 atom stereocenters. The molecule has 0 spiro atoms. The average molecular weight is 247 g/mol. The van der Waals surface area contributed by atoms with Gasteiger partial charge >= 0.3 is 0 Å². The Kier molecular flexibility index (Phi) is 4.52. The molecular formula is C13H21N5. The van der Waals surface area contributed by atoms with Gasteiger partial charge in [0.15, 0.2) is 0 Å². The molecule has 0 fully saturated rings. The Hall–Kier alpha value is -1.62. The molecule has 0 saturated heterocycles. The van der Waals surface area contributed by atoms with Crippen molar-refractivity contribution in [1.29, 1.82) is 0 Å². The lowest BCUT2D eigenvalue weighted by Gasteiger charge is -2.13. The molecule has 1 unspecified atom stereocenters. The third-order valence-corrected chi connectivity index (χ3v) is 3.02. The Labute approximate surface area is 108 Å². The number of nitrogens with one attached hydrogen (secondary N) is 1. The molecule has 0 aliphatic rings. The van der Waals surface area contributed by atoms with E-state index in [9.17, 15) is 0 Å². The van der Waals surface area contributed by atoms with E-state index < -0.39 is 0 Å². The van der Waals surface area contributed by atoms with Crippen LogP contribution in [0.3, 0.4) is 0 Å². The van der Waals surface area contributed by atoms with E-state index >= 15 is 0 Å². The van der Waals surface area contributed by atoms with E-state index in [0.717, 1.165) is 25.9 Å². The van der Waals surface area contributed by atoms with Gasteiger partial charge in [0.2, 0.25) is 0 Å². The first-order valence-electron chi connectivity index (χ1n) is 6.42. The number of aryl methyl sites for hydroxylation is 2. The summed E-state index contributed by atoms with van der Waals surface area (Å²) in [5.74, 6) is 0. The van der Waals surface area contributed by atoms with E-state index in [4.69, 9.17) is 0 Å². The van der Waals surface area contributed by atoms with Crippen LogP contribution in [0.15, 0.2) is 30.9 Å². The van der Waals surface area contributed by atoms with E-state index in [2.05, 4.69) is 28.6 Å². The van der Waals surface area contributed by atoms with Crippen LogP contribution in [-0.4, -0.2) is 32.1 Å². The van der Waals surface area contributed by atoms with Crippen LogP contribution in [0.2, 0.25) is 0 Å². The summed E-state index contributed by atoms with van der Waals surface area (Å²) in [6.07, 6.45) is 9.93. The zero-order valence-electron chi connectivity index (χ0n) is 11.1. The van der Waals surface area contributed by atoms with Gasteiger partial charge in [0.1, 0.15) is 0 Å². The van der Waals surface area contributed by atoms with Crippen molar-refractivity contribution < 1.29 is 0 Å². The minimum Gasteiger partial charge on any atom is -0.314 e. The van der Waals surface area contributed by atoms with Crippen molar-refractivity contribution >= 4 is 0 Å². The van der Waals surface area contributed by atoms with Crippen LogP contribution >= 0.6 is 0 Å². The van der Waals surface area contributed by atoms with Crippen molar-refractivity contribution in [3.8, 4) is 0 Å². The fourth-order valence-corrected chi connectivity index (χ4v) is 1.92. The Morgan fingerprint density at radius 3 is 2.94 bits per heavy atom. The molecule has 0 aromatic carbocycles. The fraction of sp³-hybridized carbons (Fsp3) is 0.538. The maximum Gasteiger partial charge on any atom is 0.0522 e. The molecule has 2 heterocycles. The Morgan fingerprint density at radius 1 is 1.39 bits per heavy atom. The number of nitrogens with zero attached hydrogens (tertiary/aromatic N) is 4. The molecule has 98 valence electrons. The van der Waals surface area contributed by atoms with Crippen molar-refractivity contribution in [1.82, 2.24) is 24.9 Å². The molecule has 5 heteroatoms. The van der Waals surface area contributed by atoms with E-state index in [1.807, 2.05) is 41.1 Å². The second kappa shape index (κ2) is 6.35. The lowest BCUT2D eigenvalue weighted by atomic mass is 10.2. The monoisotopic (exact) mass is 247 g/mol. The fourth-order valence-electron chi connectivity index (χ4n) is 1.92. The highest BCUT2D eigenvalue weighted by Crippen LogP contribution is 1.98. The zero-order chi connectivity index (χ0) is 12.8. The number of hydrogen-bond acceptors (Lipinski definition) is 3. The van der Waals surface area contributed by atoms with Gasteiger partial charge in [-0.05, 0) is 37.9 Å². The summed E-state index contributed by atoms with van der Waals surface area (Å²) in [4.78, 5) is 0. The van der Waals surface area contributed by atoms with Gasteiger partial charge in [-0.1, -0.05) is 0 Å². The number of aromatic nitrogens is 4. The van der Waals surface area contributed by atoms with Crippen LogP contribution in [0, 0.1) is 0 Å². The molecule has 0 aliphatic heterocycles. The molecular weight excluding hydrogens is 226 g/mol. The minimum atomic E-state index is 0.505. The summed E-state index contributed by atoms with van der Waals surface area (Å²) in [6, 6.07) is 2.46. The van der Waals surface area contributed by atoms with Crippen LogP contribution < -0.4 is 5.32 Å². The summed E-state index contributed by atoms with van der Waals surface area (Å²) in [7, 11) is 1.95. The average Bonchev–Trinajstić information content (AvgIpc) is 2.98. The first-order chi connectivity index (χ1) is 8.74. The van der Waals surface area contributed by atoms with Gasteiger partial charge in [-0.25, -0.2) is 0 Å². The highest BCUT2D eigenvalue weighted by atomic mass is 15.3. The molecule has 1 N–H and O–H groups in total. The molecule has 0 bridgehead atoms. The van der Waals surface area contributed by atoms with E-state index in [0.29, 0.717) is 6.04 Å². The van der Waals surface area contributed by atoms with Crippen LogP contribution in [0.5, 0.6) is 0 Å². The SMILES string of the molecule is CC(CCn1cccn1)NCCc1cnn(C)c1. The maximum absolute atomic E-state index is 4.20. The zero-order valence-corrected chi connectivity index (χ0v) is 11.1. The predicted molar refractivity (Wildman–Crippen MR) is 71.2 cm³/mol. The van der Waals surface area contributed by atoms with Gasteiger partial charge in [0, 0.05) is 38.2 Å². The quantitative estimate of drug-likeness (QED) is 0.800. The predicted octanol–water partition coefficient (Wildman–Crippen LogP) is 1.23. The Morgan fingerprint density at radius 2 is 2.28 bits per heavy atom. The molecule has 0 radical (unpaired) electrons. The second-order valence-electron chi connectivity index (χ2n) is 4.69. The third kappa shape index (κ3) is 4.00. The molecule has 2 rings (SSSR count). The molecule has 0 aliphatic carbocycles. The summed E-state index contributed by atoms with van der Waals surface area (Å²) < 4.78 is 3.82. The molecule has 5 nitrogen and oxygen atoms in total. The van der Waals surface area contributed by atoms with Crippen molar-refractivity contribution in [3.05, 3.63) is 36.4 Å². The van der Waals surface area contributed by atoms with Crippen LogP contribution in [0.1, 0.15) is 18.9 Å². The molecule has 2 aromatic rings. The third-order valence-electron chi connectivity index (χ3n) is 3.02.